The second-order valence-corrected chi connectivity index (χ2v) is 5.60. The number of methoxy groups -OCH3 is 1. The van der Waals surface area contributed by atoms with Crippen molar-refractivity contribution in [2.45, 2.75) is 13.1 Å². The SMILES string of the molecule is COc1ccc(CNCc2ccc(-c3cccc(C(=O)O)c3)o2)cc1. The summed E-state index contributed by atoms with van der Waals surface area (Å²) >= 11 is 0. The minimum atomic E-state index is -0.949. The molecule has 5 heteroatoms. The molecule has 0 fully saturated rings. The summed E-state index contributed by atoms with van der Waals surface area (Å²) in [5, 5.41) is 12.4. The van der Waals surface area contributed by atoms with Crippen LogP contribution in [-0.4, -0.2) is 18.2 Å². The molecule has 2 N–H and O–H groups in total. The maximum atomic E-state index is 11.1. The molecule has 0 aliphatic heterocycles. The molecule has 0 bridgehead atoms. The third kappa shape index (κ3) is 4.28. The molecule has 3 rings (SSSR count). The molecule has 0 amide bonds. The van der Waals surface area contributed by atoms with Crippen LogP contribution < -0.4 is 10.1 Å². The van der Waals surface area contributed by atoms with Gasteiger partial charge in [0.25, 0.3) is 0 Å². The first kappa shape index (κ1) is 16.8. The van der Waals surface area contributed by atoms with Gasteiger partial charge in [0.15, 0.2) is 0 Å². The standard InChI is InChI=1S/C20H19NO4/c1-24-17-7-5-14(6-8-17)12-21-13-18-9-10-19(25-18)15-3-2-4-16(11-15)20(22)23/h2-11,21H,12-13H2,1H3,(H,22,23). The predicted octanol–water partition coefficient (Wildman–Crippen LogP) is 3.94. The van der Waals surface area contributed by atoms with Gasteiger partial charge >= 0.3 is 5.97 Å². The van der Waals surface area contributed by atoms with Crippen molar-refractivity contribution < 1.29 is 19.1 Å². The molecule has 128 valence electrons. The first-order chi connectivity index (χ1) is 12.2. The monoisotopic (exact) mass is 337 g/mol. The topological polar surface area (TPSA) is 71.7 Å². The van der Waals surface area contributed by atoms with E-state index in [2.05, 4.69) is 5.32 Å². The second kappa shape index (κ2) is 7.68. The Morgan fingerprint density at radius 3 is 2.60 bits per heavy atom. The summed E-state index contributed by atoms with van der Waals surface area (Å²) < 4.78 is 10.9. The van der Waals surface area contributed by atoms with Crippen molar-refractivity contribution in [3.8, 4) is 17.1 Å². The molecule has 1 heterocycles. The number of carbonyl (C=O) groups is 1. The van der Waals surface area contributed by atoms with E-state index in [1.165, 1.54) is 0 Å². The van der Waals surface area contributed by atoms with E-state index in [4.69, 9.17) is 14.3 Å². The van der Waals surface area contributed by atoms with E-state index < -0.39 is 5.97 Å². The van der Waals surface area contributed by atoms with Crippen LogP contribution in [0.25, 0.3) is 11.3 Å². The lowest BCUT2D eigenvalue weighted by Crippen LogP contribution is -2.11. The molecule has 1 aromatic heterocycles. The van der Waals surface area contributed by atoms with Gasteiger partial charge in [0.1, 0.15) is 17.3 Å². The van der Waals surface area contributed by atoms with Crippen LogP contribution in [0.4, 0.5) is 0 Å². The Hall–Kier alpha value is -3.05. The molecule has 0 radical (unpaired) electrons. The van der Waals surface area contributed by atoms with Crippen molar-refractivity contribution in [2.24, 2.45) is 0 Å². The van der Waals surface area contributed by atoms with Crippen LogP contribution in [-0.2, 0) is 13.1 Å². The third-order valence-corrected chi connectivity index (χ3v) is 3.84. The van der Waals surface area contributed by atoms with Crippen LogP contribution in [0.2, 0.25) is 0 Å². The van der Waals surface area contributed by atoms with E-state index in [0.717, 1.165) is 22.6 Å². The fraction of sp³-hybridized carbons (Fsp3) is 0.150. The average molecular weight is 337 g/mol. The van der Waals surface area contributed by atoms with E-state index >= 15 is 0 Å². The van der Waals surface area contributed by atoms with E-state index in [-0.39, 0.29) is 5.56 Å². The van der Waals surface area contributed by atoms with Gasteiger partial charge in [-0.2, -0.15) is 0 Å². The van der Waals surface area contributed by atoms with Gasteiger partial charge in [-0.1, -0.05) is 24.3 Å². The van der Waals surface area contributed by atoms with Crippen LogP contribution in [0.15, 0.2) is 65.1 Å². The van der Waals surface area contributed by atoms with Crippen molar-refractivity contribution in [3.05, 3.63) is 77.6 Å². The zero-order valence-electron chi connectivity index (χ0n) is 13.9. The van der Waals surface area contributed by atoms with Crippen molar-refractivity contribution in [2.75, 3.05) is 7.11 Å². The van der Waals surface area contributed by atoms with E-state index in [0.29, 0.717) is 18.8 Å². The highest BCUT2D eigenvalue weighted by molar-refractivity contribution is 5.89. The zero-order chi connectivity index (χ0) is 17.6. The Morgan fingerprint density at radius 1 is 1.08 bits per heavy atom. The van der Waals surface area contributed by atoms with E-state index in [1.807, 2.05) is 42.5 Å². The molecule has 25 heavy (non-hydrogen) atoms. The van der Waals surface area contributed by atoms with Crippen LogP contribution in [0, 0.1) is 0 Å². The Bertz CT molecular complexity index is 852. The number of benzene rings is 2. The number of carboxylic acids is 1. The average Bonchev–Trinajstić information content (AvgIpc) is 3.11. The normalized spacial score (nSPS) is 10.6. The van der Waals surface area contributed by atoms with Gasteiger partial charge < -0.3 is 19.6 Å². The summed E-state index contributed by atoms with van der Waals surface area (Å²) in [6.07, 6.45) is 0. The summed E-state index contributed by atoms with van der Waals surface area (Å²) in [7, 11) is 1.65. The number of carboxylic acid groups (broad SMARTS) is 1. The van der Waals surface area contributed by atoms with Gasteiger partial charge in [-0.3, -0.25) is 0 Å². The lowest BCUT2D eigenvalue weighted by atomic mass is 10.1. The first-order valence-electron chi connectivity index (χ1n) is 7.92. The van der Waals surface area contributed by atoms with Crippen molar-refractivity contribution in [1.82, 2.24) is 5.32 Å². The Kier molecular flexibility index (Phi) is 5.16. The van der Waals surface area contributed by atoms with Crippen LogP contribution in [0.1, 0.15) is 21.7 Å². The number of nitrogens with one attached hydrogen (secondary N) is 1. The van der Waals surface area contributed by atoms with Crippen LogP contribution in [0.5, 0.6) is 5.75 Å². The third-order valence-electron chi connectivity index (χ3n) is 3.84. The molecule has 0 saturated heterocycles. The Morgan fingerprint density at radius 2 is 1.88 bits per heavy atom. The van der Waals surface area contributed by atoms with Gasteiger partial charge in [0, 0.05) is 12.1 Å². The number of ether oxygens (including phenoxy) is 1. The highest BCUT2D eigenvalue weighted by Gasteiger charge is 2.08. The second-order valence-electron chi connectivity index (χ2n) is 5.60. The molecule has 0 unspecified atom stereocenters. The van der Waals surface area contributed by atoms with E-state index in [9.17, 15) is 4.79 Å². The summed E-state index contributed by atoms with van der Waals surface area (Å²) in [5.74, 6) is 1.34. The fourth-order valence-corrected chi connectivity index (χ4v) is 2.51. The molecule has 0 aliphatic rings. The molecule has 0 atom stereocenters. The van der Waals surface area contributed by atoms with Crippen LogP contribution in [0.3, 0.4) is 0 Å². The molecule has 2 aromatic carbocycles. The van der Waals surface area contributed by atoms with E-state index in [1.54, 1.807) is 25.3 Å². The summed E-state index contributed by atoms with van der Waals surface area (Å²) in [5.41, 5.74) is 2.15. The molecule has 3 aromatic rings. The maximum Gasteiger partial charge on any atom is 0.335 e. The molecule has 0 spiro atoms. The smallest absolute Gasteiger partial charge is 0.335 e. The number of hydrogen-bond acceptors (Lipinski definition) is 4. The fourth-order valence-electron chi connectivity index (χ4n) is 2.51. The van der Waals surface area contributed by atoms with Crippen molar-refractivity contribution in [1.29, 1.82) is 0 Å². The highest BCUT2D eigenvalue weighted by Crippen LogP contribution is 2.23. The number of rotatable bonds is 7. The molecule has 0 aliphatic carbocycles. The van der Waals surface area contributed by atoms with Gasteiger partial charge in [0.2, 0.25) is 0 Å². The number of furan rings is 1. The van der Waals surface area contributed by atoms with Gasteiger partial charge in [-0.05, 0) is 42.0 Å². The predicted molar refractivity (Wildman–Crippen MR) is 94.6 cm³/mol. The van der Waals surface area contributed by atoms with Gasteiger partial charge in [-0.25, -0.2) is 4.79 Å². The summed E-state index contributed by atoms with van der Waals surface area (Å²) in [6.45, 7) is 1.30. The minimum absolute atomic E-state index is 0.244. The lowest BCUT2D eigenvalue weighted by molar-refractivity contribution is 0.0697. The van der Waals surface area contributed by atoms with Gasteiger partial charge in [-0.15, -0.1) is 0 Å². The summed E-state index contributed by atoms with van der Waals surface area (Å²) in [6, 6.07) is 18.3. The number of hydrogen-bond donors (Lipinski definition) is 2. The van der Waals surface area contributed by atoms with Crippen molar-refractivity contribution in [3.63, 3.8) is 0 Å². The van der Waals surface area contributed by atoms with Crippen molar-refractivity contribution >= 4 is 5.97 Å². The maximum absolute atomic E-state index is 11.1. The Labute approximate surface area is 145 Å². The molecule has 5 nitrogen and oxygen atoms in total. The quantitative estimate of drug-likeness (QED) is 0.683. The van der Waals surface area contributed by atoms with Crippen LogP contribution >= 0.6 is 0 Å². The Balaban J connectivity index is 1.60. The molecular formula is C20H19NO4. The highest BCUT2D eigenvalue weighted by atomic mass is 16.5. The summed E-state index contributed by atoms with van der Waals surface area (Å²) in [4.78, 5) is 11.1. The largest absolute Gasteiger partial charge is 0.497 e. The number of aromatic carboxylic acids is 1. The molecular weight excluding hydrogens is 318 g/mol. The zero-order valence-corrected chi connectivity index (χ0v) is 13.9. The van der Waals surface area contributed by atoms with Gasteiger partial charge in [0.05, 0.1) is 19.2 Å². The molecule has 0 saturated carbocycles. The first-order valence-corrected chi connectivity index (χ1v) is 7.92. The minimum Gasteiger partial charge on any atom is -0.497 e. The lowest BCUT2D eigenvalue weighted by Gasteiger charge is -2.05.